The molecular formula is C25H30ClNO4. The van der Waals surface area contributed by atoms with E-state index < -0.39 is 11.4 Å². The minimum atomic E-state index is -0.687. The zero-order valence-corrected chi connectivity index (χ0v) is 19.1. The van der Waals surface area contributed by atoms with Gasteiger partial charge in [-0.15, -0.1) is 0 Å². The van der Waals surface area contributed by atoms with Crippen LogP contribution < -0.4 is 10.1 Å². The van der Waals surface area contributed by atoms with Gasteiger partial charge in [0.2, 0.25) is 5.91 Å². The SMILES string of the molecule is CCC(C)Oc1ccc(NC(=O)C2(c3ccccc3Cl)CCCCC2)cc1C(=O)OC. The molecule has 166 valence electrons. The number of methoxy groups -OCH3 is 1. The van der Waals surface area contributed by atoms with Gasteiger partial charge < -0.3 is 14.8 Å². The van der Waals surface area contributed by atoms with Crippen LogP contribution >= 0.6 is 11.6 Å². The first kappa shape index (κ1) is 23.1. The molecule has 0 aliphatic heterocycles. The van der Waals surface area contributed by atoms with Crippen molar-refractivity contribution in [2.75, 3.05) is 12.4 Å². The fraction of sp³-hybridized carbons (Fsp3) is 0.440. The lowest BCUT2D eigenvalue weighted by atomic mass is 9.68. The molecule has 0 bridgehead atoms. The predicted octanol–water partition coefficient (Wildman–Crippen LogP) is 6.14. The lowest BCUT2D eigenvalue weighted by molar-refractivity contribution is -0.122. The predicted molar refractivity (Wildman–Crippen MR) is 123 cm³/mol. The van der Waals surface area contributed by atoms with E-state index in [-0.39, 0.29) is 17.6 Å². The highest BCUT2D eigenvalue weighted by Crippen LogP contribution is 2.43. The maximum absolute atomic E-state index is 13.6. The Bertz CT molecular complexity index is 937. The third-order valence-electron chi connectivity index (χ3n) is 6.08. The summed E-state index contributed by atoms with van der Waals surface area (Å²) < 4.78 is 10.8. The summed E-state index contributed by atoms with van der Waals surface area (Å²) in [4.78, 5) is 25.9. The second-order valence-corrected chi connectivity index (χ2v) is 8.52. The molecule has 1 saturated carbocycles. The van der Waals surface area contributed by atoms with Gasteiger partial charge in [-0.05, 0) is 56.0 Å². The molecule has 0 heterocycles. The van der Waals surface area contributed by atoms with E-state index in [2.05, 4.69) is 5.32 Å². The zero-order chi connectivity index (χ0) is 22.4. The number of anilines is 1. The third-order valence-corrected chi connectivity index (χ3v) is 6.41. The molecule has 1 atom stereocenters. The van der Waals surface area contributed by atoms with Crippen LogP contribution in [0.1, 0.15) is 68.3 Å². The number of carbonyl (C=O) groups is 2. The Morgan fingerprint density at radius 1 is 1.13 bits per heavy atom. The molecule has 0 radical (unpaired) electrons. The van der Waals surface area contributed by atoms with E-state index in [9.17, 15) is 9.59 Å². The molecular weight excluding hydrogens is 414 g/mol. The fourth-order valence-corrected chi connectivity index (χ4v) is 4.47. The quantitative estimate of drug-likeness (QED) is 0.521. The molecule has 0 spiro atoms. The van der Waals surface area contributed by atoms with Gasteiger partial charge in [0, 0.05) is 10.7 Å². The van der Waals surface area contributed by atoms with Crippen LogP contribution in [0.5, 0.6) is 5.75 Å². The van der Waals surface area contributed by atoms with Crippen molar-refractivity contribution < 1.29 is 19.1 Å². The summed E-state index contributed by atoms with van der Waals surface area (Å²) in [6.45, 7) is 3.95. The highest BCUT2D eigenvalue weighted by molar-refractivity contribution is 6.31. The van der Waals surface area contributed by atoms with Crippen molar-refractivity contribution in [3.05, 3.63) is 58.6 Å². The van der Waals surface area contributed by atoms with Crippen LogP contribution in [0, 0.1) is 0 Å². The van der Waals surface area contributed by atoms with Crippen molar-refractivity contribution in [3.63, 3.8) is 0 Å². The molecule has 2 aromatic rings. The molecule has 0 aromatic heterocycles. The number of nitrogens with one attached hydrogen (secondary N) is 1. The van der Waals surface area contributed by atoms with Gasteiger partial charge in [0.15, 0.2) is 0 Å². The molecule has 6 heteroatoms. The molecule has 2 aromatic carbocycles. The van der Waals surface area contributed by atoms with Gasteiger partial charge in [-0.2, -0.15) is 0 Å². The molecule has 1 amide bonds. The van der Waals surface area contributed by atoms with Crippen molar-refractivity contribution in [1.82, 2.24) is 0 Å². The van der Waals surface area contributed by atoms with Gasteiger partial charge in [0.1, 0.15) is 11.3 Å². The number of hydrogen-bond donors (Lipinski definition) is 1. The first-order chi connectivity index (χ1) is 14.9. The standard InChI is InChI=1S/C25H30ClNO4/c1-4-17(2)31-22-13-12-18(16-19(22)23(28)30-3)27-24(29)25(14-8-5-9-15-25)20-10-6-7-11-21(20)26/h6-7,10-13,16-17H,4-5,8-9,14-15H2,1-3H3,(H,27,29). The lowest BCUT2D eigenvalue weighted by Gasteiger charge is -2.37. The van der Waals surface area contributed by atoms with Crippen LogP contribution in [0.2, 0.25) is 5.02 Å². The average Bonchev–Trinajstić information content (AvgIpc) is 2.80. The van der Waals surface area contributed by atoms with Crippen molar-refractivity contribution in [3.8, 4) is 5.75 Å². The Kier molecular flexibility index (Phi) is 7.60. The highest BCUT2D eigenvalue weighted by atomic mass is 35.5. The monoisotopic (exact) mass is 443 g/mol. The Hall–Kier alpha value is -2.53. The maximum atomic E-state index is 13.6. The number of ether oxygens (including phenoxy) is 2. The van der Waals surface area contributed by atoms with E-state index >= 15 is 0 Å². The van der Waals surface area contributed by atoms with Gasteiger partial charge in [-0.3, -0.25) is 4.79 Å². The van der Waals surface area contributed by atoms with E-state index in [4.69, 9.17) is 21.1 Å². The normalized spacial score (nSPS) is 16.3. The van der Waals surface area contributed by atoms with Gasteiger partial charge >= 0.3 is 5.97 Å². The average molecular weight is 444 g/mol. The lowest BCUT2D eigenvalue weighted by Crippen LogP contribution is -2.42. The van der Waals surface area contributed by atoms with Gasteiger partial charge in [0.05, 0.1) is 18.6 Å². The Morgan fingerprint density at radius 3 is 2.48 bits per heavy atom. The van der Waals surface area contributed by atoms with Crippen molar-refractivity contribution in [2.45, 2.75) is 63.9 Å². The van der Waals surface area contributed by atoms with E-state index in [0.29, 0.717) is 16.5 Å². The van der Waals surface area contributed by atoms with E-state index in [1.54, 1.807) is 18.2 Å². The van der Waals surface area contributed by atoms with Crippen molar-refractivity contribution in [1.29, 1.82) is 0 Å². The Labute approximate surface area is 189 Å². The molecule has 1 aliphatic rings. The first-order valence-electron chi connectivity index (χ1n) is 10.9. The molecule has 0 saturated heterocycles. The van der Waals surface area contributed by atoms with Crippen LogP contribution in [-0.2, 0) is 14.9 Å². The summed E-state index contributed by atoms with van der Waals surface area (Å²) in [6, 6.07) is 12.6. The molecule has 1 aliphatic carbocycles. The van der Waals surface area contributed by atoms with E-state index in [1.807, 2.05) is 38.1 Å². The third kappa shape index (κ3) is 5.04. The topological polar surface area (TPSA) is 64.6 Å². The van der Waals surface area contributed by atoms with Gasteiger partial charge in [0.25, 0.3) is 0 Å². The van der Waals surface area contributed by atoms with Crippen LogP contribution in [-0.4, -0.2) is 25.1 Å². The van der Waals surface area contributed by atoms with Crippen molar-refractivity contribution >= 4 is 29.2 Å². The number of benzene rings is 2. The molecule has 5 nitrogen and oxygen atoms in total. The zero-order valence-electron chi connectivity index (χ0n) is 18.4. The molecule has 1 fully saturated rings. The van der Waals surface area contributed by atoms with Crippen LogP contribution in [0.3, 0.4) is 0 Å². The molecule has 3 rings (SSSR count). The largest absolute Gasteiger partial charge is 0.490 e. The summed E-state index contributed by atoms with van der Waals surface area (Å²) in [5, 5.41) is 3.63. The second kappa shape index (κ2) is 10.2. The van der Waals surface area contributed by atoms with E-state index in [0.717, 1.165) is 44.1 Å². The number of rotatable bonds is 7. The summed E-state index contributed by atoms with van der Waals surface area (Å²) in [5.41, 5.74) is 0.988. The second-order valence-electron chi connectivity index (χ2n) is 8.12. The Morgan fingerprint density at radius 2 is 1.84 bits per heavy atom. The first-order valence-corrected chi connectivity index (χ1v) is 11.2. The number of amides is 1. The van der Waals surface area contributed by atoms with Crippen LogP contribution in [0.25, 0.3) is 0 Å². The van der Waals surface area contributed by atoms with Crippen LogP contribution in [0.15, 0.2) is 42.5 Å². The Balaban J connectivity index is 1.93. The molecule has 31 heavy (non-hydrogen) atoms. The number of esters is 1. The number of halogens is 1. The van der Waals surface area contributed by atoms with Crippen LogP contribution in [0.4, 0.5) is 5.69 Å². The maximum Gasteiger partial charge on any atom is 0.341 e. The number of carbonyl (C=O) groups excluding carboxylic acids is 2. The summed E-state index contributed by atoms with van der Waals surface area (Å²) in [6.07, 6.45) is 5.27. The summed E-state index contributed by atoms with van der Waals surface area (Å²) in [5.74, 6) is -0.169. The summed E-state index contributed by atoms with van der Waals surface area (Å²) >= 11 is 6.50. The minimum Gasteiger partial charge on any atom is -0.490 e. The minimum absolute atomic E-state index is 0.0467. The van der Waals surface area contributed by atoms with Gasteiger partial charge in [-0.25, -0.2) is 4.79 Å². The number of hydrogen-bond acceptors (Lipinski definition) is 4. The smallest absolute Gasteiger partial charge is 0.341 e. The van der Waals surface area contributed by atoms with E-state index in [1.165, 1.54) is 7.11 Å². The molecule has 1 N–H and O–H groups in total. The van der Waals surface area contributed by atoms with Gasteiger partial charge in [-0.1, -0.05) is 56.0 Å². The summed E-state index contributed by atoms with van der Waals surface area (Å²) in [7, 11) is 1.33. The fourth-order valence-electron chi connectivity index (χ4n) is 4.15. The van der Waals surface area contributed by atoms with Crippen molar-refractivity contribution in [2.24, 2.45) is 0 Å². The molecule has 1 unspecified atom stereocenters. The highest BCUT2D eigenvalue weighted by Gasteiger charge is 2.42.